The first-order chi connectivity index (χ1) is 7.49. The lowest BCUT2D eigenvalue weighted by Gasteiger charge is -2.09. The number of amides is 1. The largest absolute Gasteiger partial charge is 0.328 e. The summed E-state index contributed by atoms with van der Waals surface area (Å²) in [6.45, 7) is 3.81. The first-order valence-electron chi connectivity index (χ1n) is 5.30. The molecule has 0 saturated heterocycles. The topological polar surface area (TPSA) is 55.1 Å². The fraction of sp³-hybridized carbons (Fsp3) is 0.417. The van der Waals surface area contributed by atoms with Gasteiger partial charge in [0.2, 0.25) is 5.91 Å². The summed E-state index contributed by atoms with van der Waals surface area (Å²) < 4.78 is 0. The molecule has 0 aromatic heterocycles. The van der Waals surface area contributed by atoms with Crippen molar-refractivity contribution in [3.8, 4) is 0 Å². The van der Waals surface area contributed by atoms with Crippen LogP contribution >= 0.6 is 24.0 Å². The van der Waals surface area contributed by atoms with E-state index < -0.39 is 0 Å². The summed E-state index contributed by atoms with van der Waals surface area (Å²) in [5.41, 5.74) is 7.35. The molecular formula is C12H18Cl2N2O. The van der Waals surface area contributed by atoms with Crippen LogP contribution in [0.4, 0.5) is 5.69 Å². The number of carbonyl (C=O) groups excluding carboxylic acids is 1. The fourth-order valence-electron chi connectivity index (χ4n) is 1.30. The molecule has 0 bridgehead atoms. The van der Waals surface area contributed by atoms with E-state index in [2.05, 4.69) is 5.32 Å². The van der Waals surface area contributed by atoms with E-state index in [1.54, 1.807) is 12.1 Å². The number of nitrogens with one attached hydrogen (secondary N) is 1. The smallest absolute Gasteiger partial charge is 0.224 e. The van der Waals surface area contributed by atoms with Crippen LogP contribution in [0, 0.1) is 6.92 Å². The van der Waals surface area contributed by atoms with Gasteiger partial charge in [-0.05, 0) is 38.0 Å². The number of aryl methyl sites for hydroxylation is 1. The summed E-state index contributed by atoms with van der Waals surface area (Å²) in [7, 11) is 0. The quantitative estimate of drug-likeness (QED) is 0.888. The Labute approximate surface area is 113 Å². The van der Waals surface area contributed by atoms with Crippen LogP contribution in [-0.2, 0) is 4.79 Å². The summed E-state index contributed by atoms with van der Waals surface area (Å²) in [6, 6.07) is 5.48. The van der Waals surface area contributed by atoms with Gasteiger partial charge < -0.3 is 11.1 Å². The first kappa shape index (κ1) is 16.2. The number of benzene rings is 1. The van der Waals surface area contributed by atoms with Gasteiger partial charge in [0.1, 0.15) is 0 Å². The highest BCUT2D eigenvalue weighted by Gasteiger charge is 2.06. The Balaban J connectivity index is 0.00000256. The second kappa shape index (κ2) is 7.54. The number of rotatable bonds is 4. The van der Waals surface area contributed by atoms with E-state index in [1.807, 2.05) is 19.9 Å². The van der Waals surface area contributed by atoms with Crippen LogP contribution in [-0.4, -0.2) is 11.9 Å². The van der Waals surface area contributed by atoms with E-state index in [4.69, 9.17) is 17.3 Å². The fourth-order valence-corrected chi connectivity index (χ4v) is 1.47. The predicted molar refractivity (Wildman–Crippen MR) is 75.0 cm³/mol. The van der Waals surface area contributed by atoms with E-state index in [9.17, 15) is 4.79 Å². The van der Waals surface area contributed by atoms with Gasteiger partial charge in [-0.15, -0.1) is 12.4 Å². The number of nitrogens with two attached hydrogens (primary N) is 1. The van der Waals surface area contributed by atoms with Crippen molar-refractivity contribution in [3.63, 3.8) is 0 Å². The summed E-state index contributed by atoms with van der Waals surface area (Å²) in [6.07, 6.45) is 1.12. The van der Waals surface area contributed by atoms with Gasteiger partial charge in [-0.3, -0.25) is 4.79 Å². The summed E-state index contributed by atoms with van der Waals surface area (Å²) in [4.78, 5) is 11.6. The molecule has 1 unspecified atom stereocenters. The highest BCUT2D eigenvalue weighted by atomic mass is 35.5. The third kappa shape index (κ3) is 5.91. The minimum atomic E-state index is -0.0253. The van der Waals surface area contributed by atoms with Gasteiger partial charge in [-0.1, -0.05) is 17.7 Å². The Bertz CT molecular complexity index is 381. The molecule has 0 aliphatic rings. The van der Waals surface area contributed by atoms with Crippen LogP contribution < -0.4 is 11.1 Å². The van der Waals surface area contributed by atoms with Crippen LogP contribution in [0.15, 0.2) is 18.2 Å². The average molecular weight is 277 g/mol. The molecule has 96 valence electrons. The Hall–Kier alpha value is -0.770. The molecule has 0 heterocycles. The van der Waals surface area contributed by atoms with Gasteiger partial charge >= 0.3 is 0 Å². The molecule has 5 heteroatoms. The lowest BCUT2D eigenvalue weighted by atomic mass is 10.1. The molecular weight excluding hydrogens is 259 g/mol. The Morgan fingerprint density at radius 2 is 2.18 bits per heavy atom. The second-order valence-corrected chi connectivity index (χ2v) is 4.46. The second-order valence-electron chi connectivity index (χ2n) is 4.02. The molecule has 1 amide bonds. The molecule has 3 nitrogen and oxygen atoms in total. The number of hydrogen-bond donors (Lipinski definition) is 2. The number of anilines is 1. The third-order valence-electron chi connectivity index (χ3n) is 2.30. The molecule has 3 N–H and O–H groups in total. The van der Waals surface area contributed by atoms with E-state index in [0.29, 0.717) is 17.9 Å². The van der Waals surface area contributed by atoms with Crippen molar-refractivity contribution in [1.82, 2.24) is 0 Å². The molecule has 0 fully saturated rings. The van der Waals surface area contributed by atoms with Crippen LogP contribution in [0.5, 0.6) is 0 Å². The molecule has 0 radical (unpaired) electrons. The molecule has 1 rings (SSSR count). The van der Waals surface area contributed by atoms with Crippen LogP contribution in [0.1, 0.15) is 25.3 Å². The summed E-state index contributed by atoms with van der Waals surface area (Å²) in [5, 5.41) is 3.45. The van der Waals surface area contributed by atoms with Crippen LogP contribution in [0.3, 0.4) is 0 Å². The minimum absolute atomic E-state index is 0. The molecule has 0 spiro atoms. The molecule has 1 aromatic rings. The zero-order valence-corrected chi connectivity index (χ0v) is 11.6. The van der Waals surface area contributed by atoms with Crippen molar-refractivity contribution in [1.29, 1.82) is 0 Å². The highest BCUT2D eigenvalue weighted by molar-refractivity contribution is 6.31. The van der Waals surface area contributed by atoms with Gasteiger partial charge in [0.25, 0.3) is 0 Å². The highest BCUT2D eigenvalue weighted by Crippen LogP contribution is 2.20. The Morgan fingerprint density at radius 3 is 2.76 bits per heavy atom. The van der Waals surface area contributed by atoms with Crippen LogP contribution in [0.2, 0.25) is 5.02 Å². The molecule has 0 aliphatic heterocycles. The molecule has 17 heavy (non-hydrogen) atoms. The Kier molecular flexibility index (Phi) is 7.19. The van der Waals surface area contributed by atoms with E-state index >= 15 is 0 Å². The van der Waals surface area contributed by atoms with E-state index in [-0.39, 0.29) is 24.4 Å². The average Bonchev–Trinajstić information content (AvgIpc) is 2.20. The maximum absolute atomic E-state index is 11.6. The van der Waals surface area contributed by atoms with E-state index in [0.717, 1.165) is 11.3 Å². The first-order valence-corrected chi connectivity index (χ1v) is 5.68. The maximum Gasteiger partial charge on any atom is 0.224 e. The van der Waals surface area contributed by atoms with Gasteiger partial charge in [0.05, 0.1) is 0 Å². The van der Waals surface area contributed by atoms with Gasteiger partial charge in [0, 0.05) is 23.2 Å². The zero-order valence-electron chi connectivity index (χ0n) is 10.00. The molecule has 1 atom stereocenters. The summed E-state index contributed by atoms with van der Waals surface area (Å²) >= 11 is 5.86. The van der Waals surface area contributed by atoms with Gasteiger partial charge in [-0.2, -0.15) is 0 Å². The van der Waals surface area contributed by atoms with Crippen molar-refractivity contribution in [2.75, 3.05) is 5.32 Å². The summed E-state index contributed by atoms with van der Waals surface area (Å²) in [5.74, 6) is -0.0253. The number of halogens is 2. The zero-order chi connectivity index (χ0) is 12.1. The maximum atomic E-state index is 11.6. The van der Waals surface area contributed by atoms with Crippen molar-refractivity contribution in [2.45, 2.75) is 32.7 Å². The molecule has 1 aromatic carbocycles. The van der Waals surface area contributed by atoms with Crippen molar-refractivity contribution >= 4 is 35.6 Å². The number of carbonyl (C=O) groups is 1. The number of hydrogen-bond acceptors (Lipinski definition) is 2. The van der Waals surface area contributed by atoms with Crippen molar-refractivity contribution in [3.05, 3.63) is 28.8 Å². The monoisotopic (exact) mass is 276 g/mol. The minimum Gasteiger partial charge on any atom is -0.328 e. The lowest BCUT2D eigenvalue weighted by Crippen LogP contribution is -2.19. The molecule has 0 saturated carbocycles. The Morgan fingerprint density at radius 1 is 1.53 bits per heavy atom. The van der Waals surface area contributed by atoms with Gasteiger partial charge in [-0.25, -0.2) is 0 Å². The molecule has 0 aliphatic carbocycles. The van der Waals surface area contributed by atoms with Gasteiger partial charge in [0.15, 0.2) is 0 Å². The standard InChI is InChI=1S/C12H17ClN2O.ClH/c1-8-3-5-10(13)7-11(8)15-12(16)6-4-9(2)14;/h3,5,7,9H,4,6,14H2,1-2H3,(H,15,16);1H. The van der Waals surface area contributed by atoms with Crippen molar-refractivity contribution < 1.29 is 4.79 Å². The van der Waals surface area contributed by atoms with E-state index in [1.165, 1.54) is 0 Å². The van der Waals surface area contributed by atoms with Crippen molar-refractivity contribution in [2.24, 2.45) is 5.73 Å². The third-order valence-corrected chi connectivity index (χ3v) is 2.54. The van der Waals surface area contributed by atoms with Crippen LogP contribution in [0.25, 0.3) is 0 Å². The normalized spacial score (nSPS) is 11.5. The lowest BCUT2D eigenvalue weighted by molar-refractivity contribution is -0.116. The SMILES string of the molecule is Cc1ccc(Cl)cc1NC(=O)CCC(C)N.Cl. The predicted octanol–water partition coefficient (Wildman–Crippen LogP) is 3.14.